The van der Waals surface area contributed by atoms with E-state index in [0.717, 1.165) is 13.1 Å². The summed E-state index contributed by atoms with van der Waals surface area (Å²) in [5, 5.41) is 14.2. The van der Waals surface area contributed by atoms with Crippen LogP contribution in [0.2, 0.25) is 0 Å². The van der Waals surface area contributed by atoms with Crippen LogP contribution in [0.15, 0.2) is 22.6 Å². The fourth-order valence-electron chi connectivity index (χ4n) is 2.35. The van der Waals surface area contributed by atoms with Gasteiger partial charge in [0.05, 0.1) is 17.6 Å². The Morgan fingerprint density at radius 3 is 3.14 bits per heavy atom. The predicted octanol–water partition coefficient (Wildman–Crippen LogP) is 1.16. The Kier molecular flexibility index (Phi) is 3.72. The average molecular weight is 292 g/mol. The molecule has 0 aliphatic carbocycles. The van der Waals surface area contributed by atoms with E-state index in [0.29, 0.717) is 24.7 Å². The predicted molar refractivity (Wildman–Crippen MR) is 76.5 cm³/mol. The summed E-state index contributed by atoms with van der Waals surface area (Å²) in [5.41, 5.74) is 0.632. The van der Waals surface area contributed by atoms with Gasteiger partial charge in [-0.1, -0.05) is 6.07 Å². The van der Waals surface area contributed by atoms with Gasteiger partial charge >= 0.3 is 0 Å². The number of rotatable bonds is 4. The lowest BCUT2D eigenvalue weighted by atomic mass is 10.3. The van der Waals surface area contributed by atoms with E-state index in [1.807, 2.05) is 7.05 Å². The number of para-hydroxylation sites is 1. The molecule has 0 radical (unpaired) electrons. The van der Waals surface area contributed by atoms with Crippen molar-refractivity contribution in [1.29, 1.82) is 0 Å². The molecule has 112 valence electrons. The lowest BCUT2D eigenvalue weighted by Crippen LogP contribution is -2.44. The number of aromatic nitrogens is 1. The first-order valence-electron chi connectivity index (χ1n) is 6.72. The molecule has 21 heavy (non-hydrogen) atoms. The van der Waals surface area contributed by atoms with Crippen LogP contribution in [0.5, 0.6) is 0 Å². The lowest BCUT2D eigenvalue weighted by Gasteiger charge is -2.27. The molecule has 1 saturated heterocycles. The lowest BCUT2D eigenvalue weighted by molar-refractivity contribution is -0.383. The van der Waals surface area contributed by atoms with Gasteiger partial charge in [-0.3, -0.25) is 10.1 Å². The summed E-state index contributed by atoms with van der Waals surface area (Å²) in [4.78, 5) is 16.6. The van der Waals surface area contributed by atoms with E-state index in [2.05, 4.69) is 10.3 Å². The van der Waals surface area contributed by atoms with Crippen molar-refractivity contribution in [3.63, 3.8) is 0 Å². The minimum atomic E-state index is -0.456. The van der Waals surface area contributed by atoms with E-state index < -0.39 is 4.92 Å². The Morgan fingerprint density at radius 2 is 2.43 bits per heavy atom. The number of fused-ring (bicyclic) bond motifs is 1. The van der Waals surface area contributed by atoms with Crippen molar-refractivity contribution in [2.45, 2.75) is 6.10 Å². The molecule has 8 nitrogen and oxygen atoms in total. The Hall–Kier alpha value is -2.19. The largest absolute Gasteiger partial charge is 0.423 e. The molecule has 1 aliphatic rings. The highest BCUT2D eigenvalue weighted by atomic mass is 16.6. The van der Waals surface area contributed by atoms with Crippen LogP contribution in [0, 0.1) is 10.1 Å². The Bertz CT molecular complexity index is 651. The SMILES string of the molecule is CN(CC1CNCCO1)c1nc2c([N+](=O)[O-])cccc2o1. The number of nitro groups is 1. The van der Waals surface area contributed by atoms with Gasteiger partial charge in [-0.25, -0.2) is 0 Å². The molecule has 1 N–H and O–H groups in total. The number of ether oxygens (including phenoxy) is 1. The number of oxazole rings is 1. The van der Waals surface area contributed by atoms with Crippen LogP contribution in [-0.2, 0) is 4.74 Å². The summed E-state index contributed by atoms with van der Waals surface area (Å²) in [5.74, 6) is 0. The summed E-state index contributed by atoms with van der Waals surface area (Å²) in [6.07, 6.45) is 0.0498. The van der Waals surface area contributed by atoms with Crippen molar-refractivity contribution in [1.82, 2.24) is 10.3 Å². The Balaban J connectivity index is 1.83. The number of likely N-dealkylation sites (N-methyl/N-ethyl adjacent to an activating group) is 1. The maximum Gasteiger partial charge on any atom is 0.298 e. The molecule has 0 amide bonds. The third-order valence-electron chi connectivity index (χ3n) is 3.39. The normalized spacial score (nSPS) is 18.8. The highest BCUT2D eigenvalue weighted by molar-refractivity contribution is 5.84. The fourth-order valence-corrected chi connectivity index (χ4v) is 2.35. The van der Waals surface area contributed by atoms with Crippen molar-refractivity contribution < 1.29 is 14.1 Å². The molecule has 1 atom stereocenters. The number of hydrogen-bond acceptors (Lipinski definition) is 7. The summed E-state index contributed by atoms with van der Waals surface area (Å²) >= 11 is 0. The van der Waals surface area contributed by atoms with E-state index >= 15 is 0 Å². The number of nitro benzene ring substituents is 1. The van der Waals surface area contributed by atoms with Gasteiger partial charge < -0.3 is 19.4 Å². The van der Waals surface area contributed by atoms with Gasteiger partial charge in [0.15, 0.2) is 11.1 Å². The van der Waals surface area contributed by atoms with Gasteiger partial charge in [0, 0.05) is 32.7 Å². The zero-order valence-electron chi connectivity index (χ0n) is 11.6. The van der Waals surface area contributed by atoms with E-state index in [1.54, 1.807) is 17.0 Å². The maximum absolute atomic E-state index is 11.0. The number of hydrogen-bond donors (Lipinski definition) is 1. The van der Waals surface area contributed by atoms with Gasteiger partial charge in [-0.05, 0) is 6.07 Å². The molecule has 0 saturated carbocycles. The molecule has 0 spiro atoms. The van der Waals surface area contributed by atoms with Gasteiger partial charge in [-0.2, -0.15) is 4.98 Å². The minimum Gasteiger partial charge on any atom is -0.423 e. The molecular formula is C13H16N4O4. The number of benzene rings is 1. The standard InChI is InChI=1S/C13H16N4O4/c1-16(8-9-7-14-5-6-20-9)13-15-12-10(17(18)19)3-2-4-11(12)21-13/h2-4,9,14H,5-8H2,1H3. The summed E-state index contributed by atoms with van der Waals surface area (Å²) in [7, 11) is 1.83. The molecule has 1 fully saturated rings. The van der Waals surface area contributed by atoms with Gasteiger partial charge in [0.1, 0.15) is 0 Å². The highest BCUT2D eigenvalue weighted by Gasteiger charge is 2.21. The molecule has 8 heteroatoms. The molecule has 2 aromatic rings. The fraction of sp³-hybridized carbons (Fsp3) is 0.462. The van der Waals surface area contributed by atoms with E-state index in [1.165, 1.54) is 6.07 Å². The first-order valence-corrected chi connectivity index (χ1v) is 6.72. The molecule has 1 aromatic heterocycles. The molecule has 2 heterocycles. The summed E-state index contributed by atoms with van der Waals surface area (Å²) in [6.45, 7) is 2.91. The minimum absolute atomic E-state index is 0.0496. The Labute approximate surface area is 120 Å². The van der Waals surface area contributed by atoms with Crippen LogP contribution >= 0.6 is 0 Å². The third-order valence-corrected chi connectivity index (χ3v) is 3.39. The number of anilines is 1. The second kappa shape index (κ2) is 5.66. The molecule has 1 unspecified atom stereocenters. The molecule has 1 aliphatic heterocycles. The van der Waals surface area contributed by atoms with Crippen LogP contribution in [0.25, 0.3) is 11.1 Å². The van der Waals surface area contributed by atoms with Crippen LogP contribution in [-0.4, -0.2) is 49.3 Å². The summed E-state index contributed by atoms with van der Waals surface area (Å²) < 4.78 is 11.2. The molecule has 1 aromatic carbocycles. The van der Waals surface area contributed by atoms with Crippen molar-refractivity contribution in [3.05, 3.63) is 28.3 Å². The van der Waals surface area contributed by atoms with Crippen molar-refractivity contribution >= 4 is 22.8 Å². The Morgan fingerprint density at radius 1 is 1.57 bits per heavy atom. The summed E-state index contributed by atoms with van der Waals surface area (Å²) in [6, 6.07) is 5.03. The maximum atomic E-state index is 11.0. The highest BCUT2D eigenvalue weighted by Crippen LogP contribution is 2.28. The second-order valence-electron chi connectivity index (χ2n) is 4.95. The van der Waals surface area contributed by atoms with Crippen molar-refractivity contribution in [3.8, 4) is 0 Å². The van der Waals surface area contributed by atoms with Gasteiger partial charge in [-0.15, -0.1) is 0 Å². The number of nitrogens with zero attached hydrogens (tertiary/aromatic N) is 3. The zero-order chi connectivity index (χ0) is 14.8. The second-order valence-corrected chi connectivity index (χ2v) is 4.95. The smallest absolute Gasteiger partial charge is 0.298 e. The van der Waals surface area contributed by atoms with E-state index in [9.17, 15) is 10.1 Å². The first kappa shape index (κ1) is 13.8. The van der Waals surface area contributed by atoms with Gasteiger partial charge in [0.2, 0.25) is 0 Å². The van der Waals surface area contributed by atoms with Crippen LogP contribution in [0.3, 0.4) is 0 Å². The molecule has 3 rings (SSSR count). The van der Waals surface area contributed by atoms with E-state index in [4.69, 9.17) is 9.15 Å². The number of morpholine rings is 1. The van der Waals surface area contributed by atoms with Crippen LogP contribution in [0.4, 0.5) is 11.7 Å². The van der Waals surface area contributed by atoms with Gasteiger partial charge in [0.25, 0.3) is 11.7 Å². The quantitative estimate of drug-likeness (QED) is 0.667. The molecular weight excluding hydrogens is 276 g/mol. The number of nitrogens with one attached hydrogen (secondary N) is 1. The monoisotopic (exact) mass is 292 g/mol. The molecule has 0 bridgehead atoms. The third kappa shape index (κ3) is 2.81. The number of non-ortho nitro benzene ring substituents is 1. The van der Waals surface area contributed by atoms with E-state index in [-0.39, 0.29) is 17.3 Å². The topological polar surface area (TPSA) is 93.7 Å². The average Bonchev–Trinajstić information content (AvgIpc) is 2.92. The first-order chi connectivity index (χ1) is 10.1. The van der Waals surface area contributed by atoms with Crippen LogP contribution < -0.4 is 10.2 Å². The van der Waals surface area contributed by atoms with Crippen molar-refractivity contribution in [2.75, 3.05) is 38.2 Å². The van der Waals surface area contributed by atoms with Crippen molar-refractivity contribution in [2.24, 2.45) is 0 Å². The zero-order valence-corrected chi connectivity index (χ0v) is 11.6. The van der Waals surface area contributed by atoms with Crippen LogP contribution in [0.1, 0.15) is 0 Å².